The first-order valence-electron chi connectivity index (χ1n) is 4.98. The molecule has 0 fully saturated rings. The van der Waals surface area contributed by atoms with Gasteiger partial charge in [0, 0.05) is 17.9 Å². The maximum absolute atomic E-state index is 3.46. The zero-order valence-electron chi connectivity index (χ0n) is 9.10. The van der Waals surface area contributed by atoms with Gasteiger partial charge in [0.25, 0.3) is 0 Å². The first kappa shape index (κ1) is 11.7. The van der Waals surface area contributed by atoms with Crippen molar-refractivity contribution in [1.82, 2.24) is 5.32 Å². The molecule has 0 bridgehead atoms. The number of nitrogens with one attached hydrogen (secondary N) is 1. The summed E-state index contributed by atoms with van der Waals surface area (Å²) in [5.74, 6) is 0. The highest BCUT2D eigenvalue weighted by Gasteiger charge is 1.99. The second-order valence-electron chi connectivity index (χ2n) is 3.93. The number of benzene rings is 1. The van der Waals surface area contributed by atoms with Gasteiger partial charge in [-0.25, -0.2) is 0 Å². The van der Waals surface area contributed by atoms with Crippen molar-refractivity contribution in [2.45, 2.75) is 33.4 Å². The monoisotopic (exact) mass is 255 g/mol. The minimum absolute atomic E-state index is 0.524. The molecule has 0 spiro atoms. The van der Waals surface area contributed by atoms with Crippen molar-refractivity contribution >= 4 is 15.9 Å². The fraction of sp³-hybridized carbons (Fsp3) is 0.500. The van der Waals surface area contributed by atoms with Gasteiger partial charge in [-0.2, -0.15) is 0 Å². The van der Waals surface area contributed by atoms with Gasteiger partial charge >= 0.3 is 0 Å². The standard InChI is InChI=1S/C12H18BrN/c1-9-4-10(2)6-12(5-9)8-14-11(3)7-13/h4-6,11,14H,7-8H2,1-3H3. The Balaban J connectivity index is 2.58. The van der Waals surface area contributed by atoms with Crippen molar-refractivity contribution in [1.29, 1.82) is 0 Å². The Morgan fingerprint density at radius 1 is 1.21 bits per heavy atom. The summed E-state index contributed by atoms with van der Waals surface area (Å²) in [5, 5.41) is 4.45. The van der Waals surface area contributed by atoms with Crippen molar-refractivity contribution in [3.05, 3.63) is 34.9 Å². The van der Waals surface area contributed by atoms with Crippen molar-refractivity contribution in [3.8, 4) is 0 Å². The van der Waals surface area contributed by atoms with E-state index in [1.807, 2.05) is 0 Å². The summed E-state index contributed by atoms with van der Waals surface area (Å²) in [6.07, 6.45) is 0. The van der Waals surface area contributed by atoms with Crippen LogP contribution in [0.15, 0.2) is 18.2 Å². The van der Waals surface area contributed by atoms with Crippen LogP contribution in [0.4, 0.5) is 0 Å². The molecule has 78 valence electrons. The molecule has 1 rings (SSSR count). The largest absolute Gasteiger partial charge is 0.309 e. The van der Waals surface area contributed by atoms with Crippen molar-refractivity contribution < 1.29 is 0 Å². The van der Waals surface area contributed by atoms with Crippen LogP contribution in [0.5, 0.6) is 0 Å². The molecule has 0 aromatic heterocycles. The third-order valence-electron chi connectivity index (χ3n) is 2.17. The summed E-state index contributed by atoms with van der Waals surface area (Å²) in [5.41, 5.74) is 4.05. The van der Waals surface area contributed by atoms with E-state index in [1.54, 1.807) is 0 Å². The highest BCUT2D eigenvalue weighted by molar-refractivity contribution is 9.09. The molecule has 0 radical (unpaired) electrons. The lowest BCUT2D eigenvalue weighted by molar-refractivity contribution is 0.598. The van der Waals surface area contributed by atoms with Gasteiger partial charge in [0.05, 0.1) is 0 Å². The van der Waals surface area contributed by atoms with Crippen LogP contribution in [0.25, 0.3) is 0 Å². The van der Waals surface area contributed by atoms with Gasteiger partial charge in [-0.1, -0.05) is 45.3 Å². The predicted molar refractivity (Wildman–Crippen MR) is 66.0 cm³/mol. The summed E-state index contributed by atoms with van der Waals surface area (Å²) in [6.45, 7) is 7.42. The Kier molecular flexibility index (Phi) is 4.63. The molecule has 14 heavy (non-hydrogen) atoms. The summed E-state index contributed by atoms with van der Waals surface area (Å²) in [6, 6.07) is 7.20. The molecular weight excluding hydrogens is 238 g/mol. The second-order valence-corrected chi connectivity index (χ2v) is 4.58. The van der Waals surface area contributed by atoms with E-state index in [4.69, 9.17) is 0 Å². The van der Waals surface area contributed by atoms with Gasteiger partial charge in [-0.05, 0) is 26.3 Å². The van der Waals surface area contributed by atoms with Gasteiger partial charge in [0.1, 0.15) is 0 Å². The number of hydrogen-bond acceptors (Lipinski definition) is 1. The number of alkyl halides is 1. The lowest BCUT2D eigenvalue weighted by atomic mass is 10.1. The van der Waals surface area contributed by atoms with Gasteiger partial charge in [-0.15, -0.1) is 0 Å². The quantitative estimate of drug-likeness (QED) is 0.816. The first-order valence-corrected chi connectivity index (χ1v) is 6.10. The molecule has 1 unspecified atom stereocenters. The molecule has 0 aliphatic heterocycles. The topological polar surface area (TPSA) is 12.0 Å². The van der Waals surface area contributed by atoms with Crippen molar-refractivity contribution in [3.63, 3.8) is 0 Å². The highest BCUT2D eigenvalue weighted by atomic mass is 79.9. The summed E-state index contributed by atoms with van der Waals surface area (Å²) >= 11 is 3.45. The number of aryl methyl sites for hydroxylation is 2. The van der Waals surface area contributed by atoms with E-state index in [-0.39, 0.29) is 0 Å². The highest BCUT2D eigenvalue weighted by Crippen LogP contribution is 2.08. The average Bonchev–Trinajstić information content (AvgIpc) is 2.12. The summed E-state index contributed by atoms with van der Waals surface area (Å²) < 4.78 is 0. The van der Waals surface area contributed by atoms with Crippen LogP contribution in [-0.4, -0.2) is 11.4 Å². The molecule has 1 aromatic carbocycles. The fourth-order valence-electron chi connectivity index (χ4n) is 1.52. The van der Waals surface area contributed by atoms with E-state index >= 15 is 0 Å². The molecule has 1 aromatic rings. The molecule has 1 atom stereocenters. The Labute approximate surface area is 95.0 Å². The van der Waals surface area contributed by atoms with E-state index in [9.17, 15) is 0 Å². The molecule has 0 amide bonds. The molecule has 2 heteroatoms. The Bertz CT molecular complexity index is 276. The third kappa shape index (κ3) is 3.81. The molecule has 0 saturated carbocycles. The second kappa shape index (κ2) is 5.52. The fourth-order valence-corrected chi connectivity index (χ4v) is 1.75. The van der Waals surface area contributed by atoms with Gasteiger partial charge in [0.15, 0.2) is 0 Å². The first-order chi connectivity index (χ1) is 6.61. The van der Waals surface area contributed by atoms with Crippen LogP contribution in [-0.2, 0) is 6.54 Å². The van der Waals surface area contributed by atoms with Crippen LogP contribution in [0, 0.1) is 13.8 Å². The average molecular weight is 256 g/mol. The summed E-state index contributed by atoms with van der Waals surface area (Å²) in [4.78, 5) is 0. The summed E-state index contributed by atoms with van der Waals surface area (Å²) in [7, 11) is 0. The van der Waals surface area contributed by atoms with E-state index in [0.717, 1.165) is 11.9 Å². The minimum atomic E-state index is 0.524. The zero-order chi connectivity index (χ0) is 10.6. The maximum atomic E-state index is 3.46. The van der Waals surface area contributed by atoms with Crippen LogP contribution in [0.1, 0.15) is 23.6 Å². The third-order valence-corrected chi connectivity index (χ3v) is 3.14. The number of halogens is 1. The SMILES string of the molecule is Cc1cc(C)cc(CNC(C)CBr)c1. The molecule has 1 nitrogen and oxygen atoms in total. The molecule has 0 saturated heterocycles. The molecule has 0 aliphatic rings. The molecule has 0 heterocycles. The number of rotatable bonds is 4. The van der Waals surface area contributed by atoms with Crippen LogP contribution in [0.3, 0.4) is 0 Å². The lowest BCUT2D eigenvalue weighted by Gasteiger charge is -2.11. The molecular formula is C12H18BrN. The van der Waals surface area contributed by atoms with E-state index < -0.39 is 0 Å². The van der Waals surface area contributed by atoms with Crippen LogP contribution < -0.4 is 5.32 Å². The Hall–Kier alpha value is -0.340. The number of hydrogen-bond donors (Lipinski definition) is 1. The van der Waals surface area contributed by atoms with Crippen LogP contribution >= 0.6 is 15.9 Å². The smallest absolute Gasteiger partial charge is 0.0208 e. The Morgan fingerprint density at radius 3 is 2.29 bits per heavy atom. The van der Waals surface area contributed by atoms with Gasteiger partial charge < -0.3 is 5.32 Å². The van der Waals surface area contributed by atoms with Crippen LogP contribution in [0.2, 0.25) is 0 Å². The van der Waals surface area contributed by atoms with E-state index in [0.29, 0.717) is 6.04 Å². The maximum Gasteiger partial charge on any atom is 0.0208 e. The normalized spacial score (nSPS) is 12.9. The Morgan fingerprint density at radius 2 is 1.79 bits per heavy atom. The lowest BCUT2D eigenvalue weighted by Crippen LogP contribution is -2.26. The zero-order valence-corrected chi connectivity index (χ0v) is 10.7. The van der Waals surface area contributed by atoms with Gasteiger partial charge in [0.2, 0.25) is 0 Å². The van der Waals surface area contributed by atoms with E-state index in [2.05, 4.69) is 60.2 Å². The van der Waals surface area contributed by atoms with Crippen molar-refractivity contribution in [2.24, 2.45) is 0 Å². The molecule has 1 N–H and O–H groups in total. The van der Waals surface area contributed by atoms with E-state index in [1.165, 1.54) is 16.7 Å². The predicted octanol–water partition coefficient (Wildman–Crippen LogP) is 3.18. The minimum Gasteiger partial charge on any atom is -0.309 e. The van der Waals surface area contributed by atoms with Crippen molar-refractivity contribution in [2.75, 3.05) is 5.33 Å². The molecule has 0 aliphatic carbocycles. The van der Waals surface area contributed by atoms with Gasteiger partial charge in [-0.3, -0.25) is 0 Å².